The molecule has 1 aliphatic heterocycles. The van der Waals surface area contributed by atoms with Crippen molar-refractivity contribution in [3.63, 3.8) is 0 Å². The Morgan fingerprint density at radius 3 is 2.41 bits per heavy atom. The first-order chi connectivity index (χ1) is 8.31. The molecule has 2 heterocycles. The van der Waals surface area contributed by atoms with Crippen molar-refractivity contribution in [2.75, 3.05) is 19.6 Å². The summed E-state index contributed by atoms with van der Waals surface area (Å²) in [5.41, 5.74) is 5.98. The van der Waals surface area contributed by atoms with E-state index in [1.54, 1.807) is 0 Å². The first-order valence-corrected chi connectivity index (χ1v) is 8.16. The third-order valence-corrected chi connectivity index (χ3v) is 5.27. The highest BCUT2D eigenvalue weighted by molar-refractivity contribution is 9.10. The second-order valence-electron chi connectivity index (χ2n) is 4.72. The molecule has 1 aromatic heterocycles. The van der Waals surface area contributed by atoms with Crippen LogP contribution in [0.25, 0.3) is 0 Å². The third-order valence-electron chi connectivity index (χ3n) is 3.47. The van der Waals surface area contributed by atoms with E-state index in [0.717, 1.165) is 6.54 Å². The van der Waals surface area contributed by atoms with Crippen molar-refractivity contribution >= 4 is 27.3 Å². The summed E-state index contributed by atoms with van der Waals surface area (Å²) in [4.78, 5) is 3.98. The number of hydrogen-bond acceptors (Lipinski definition) is 3. The standard InChI is InChI=1S/C13H21BrN2S/c14-11-8-13(17-10-11)12(9-15)16-6-4-2-1-3-5-7-16/h8,10,12H,1-7,9,15H2. The van der Waals surface area contributed by atoms with Gasteiger partial charge in [-0.1, -0.05) is 19.3 Å². The molecule has 0 bridgehead atoms. The lowest BCUT2D eigenvalue weighted by atomic mass is 10.1. The Hall–Kier alpha value is 0.1000. The van der Waals surface area contributed by atoms with Crippen molar-refractivity contribution in [3.05, 3.63) is 20.8 Å². The van der Waals surface area contributed by atoms with Crippen molar-refractivity contribution < 1.29 is 0 Å². The van der Waals surface area contributed by atoms with Gasteiger partial charge in [0.1, 0.15) is 0 Å². The molecule has 2 nitrogen and oxygen atoms in total. The molecule has 0 aliphatic carbocycles. The van der Waals surface area contributed by atoms with Crippen LogP contribution in [0.1, 0.15) is 43.0 Å². The summed E-state index contributed by atoms with van der Waals surface area (Å²) >= 11 is 5.35. The number of rotatable bonds is 3. The van der Waals surface area contributed by atoms with E-state index in [-0.39, 0.29) is 0 Å². The molecule has 17 heavy (non-hydrogen) atoms. The summed E-state index contributed by atoms with van der Waals surface area (Å²) in [5.74, 6) is 0. The molecule has 0 radical (unpaired) electrons. The Bertz CT molecular complexity index is 332. The fourth-order valence-electron chi connectivity index (χ4n) is 2.53. The summed E-state index contributed by atoms with van der Waals surface area (Å²) in [6, 6.07) is 2.64. The first-order valence-electron chi connectivity index (χ1n) is 6.49. The smallest absolute Gasteiger partial charge is 0.0564 e. The highest BCUT2D eigenvalue weighted by atomic mass is 79.9. The maximum Gasteiger partial charge on any atom is 0.0564 e. The van der Waals surface area contributed by atoms with Gasteiger partial charge >= 0.3 is 0 Å². The average molecular weight is 317 g/mol. The highest BCUT2D eigenvalue weighted by Gasteiger charge is 2.20. The van der Waals surface area contributed by atoms with Crippen LogP contribution in [0.15, 0.2) is 15.9 Å². The van der Waals surface area contributed by atoms with Crippen molar-refractivity contribution in [1.29, 1.82) is 0 Å². The minimum atomic E-state index is 0.421. The molecular formula is C13H21BrN2S. The van der Waals surface area contributed by atoms with E-state index in [4.69, 9.17) is 5.73 Å². The molecule has 2 rings (SSSR count). The van der Waals surface area contributed by atoms with E-state index in [0.29, 0.717) is 6.04 Å². The van der Waals surface area contributed by atoms with E-state index in [1.165, 1.54) is 54.5 Å². The minimum absolute atomic E-state index is 0.421. The van der Waals surface area contributed by atoms with Crippen molar-refractivity contribution in [3.8, 4) is 0 Å². The molecule has 96 valence electrons. The molecule has 4 heteroatoms. The van der Waals surface area contributed by atoms with E-state index >= 15 is 0 Å². The van der Waals surface area contributed by atoms with Gasteiger partial charge in [-0.15, -0.1) is 11.3 Å². The Labute approximate surface area is 116 Å². The monoisotopic (exact) mass is 316 g/mol. The van der Waals surface area contributed by atoms with Crippen LogP contribution in [-0.4, -0.2) is 24.5 Å². The van der Waals surface area contributed by atoms with Gasteiger partial charge in [-0.2, -0.15) is 0 Å². The third kappa shape index (κ3) is 3.78. The maximum atomic E-state index is 5.98. The molecule has 2 N–H and O–H groups in total. The normalized spacial score (nSPS) is 20.8. The van der Waals surface area contributed by atoms with Gasteiger partial charge in [0, 0.05) is 21.3 Å². The van der Waals surface area contributed by atoms with Gasteiger partial charge in [-0.05, 0) is 47.9 Å². The topological polar surface area (TPSA) is 29.3 Å². The number of nitrogens with zero attached hydrogens (tertiary/aromatic N) is 1. The van der Waals surface area contributed by atoms with E-state index in [1.807, 2.05) is 11.3 Å². The van der Waals surface area contributed by atoms with Gasteiger partial charge in [0.2, 0.25) is 0 Å². The van der Waals surface area contributed by atoms with E-state index < -0.39 is 0 Å². The van der Waals surface area contributed by atoms with E-state index in [9.17, 15) is 0 Å². The van der Waals surface area contributed by atoms with Crippen molar-refractivity contribution in [2.24, 2.45) is 5.73 Å². The number of hydrogen-bond donors (Lipinski definition) is 1. The molecule has 1 aromatic rings. The number of halogens is 1. The Morgan fingerprint density at radius 1 is 1.24 bits per heavy atom. The van der Waals surface area contributed by atoms with Crippen molar-refractivity contribution in [2.45, 2.75) is 38.1 Å². The summed E-state index contributed by atoms with van der Waals surface area (Å²) in [6.45, 7) is 3.14. The predicted molar refractivity (Wildman–Crippen MR) is 78.5 cm³/mol. The Morgan fingerprint density at radius 2 is 1.88 bits per heavy atom. The summed E-state index contributed by atoms with van der Waals surface area (Å²) < 4.78 is 1.18. The molecule has 1 atom stereocenters. The molecule has 0 saturated carbocycles. The lowest BCUT2D eigenvalue weighted by molar-refractivity contribution is 0.186. The highest BCUT2D eigenvalue weighted by Crippen LogP contribution is 2.30. The maximum absolute atomic E-state index is 5.98. The second kappa shape index (κ2) is 6.88. The summed E-state index contributed by atoms with van der Waals surface area (Å²) in [7, 11) is 0. The van der Waals surface area contributed by atoms with Crippen LogP contribution in [0.4, 0.5) is 0 Å². The fourth-order valence-corrected chi connectivity index (χ4v) is 4.12. The van der Waals surface area contributed by atoms with Crippen LogP contribution in [0, 0.1) is 0 Å². The first kappa shape index (κ1) is 13.5. The molecule has 1 unspecified atom stereocenters. The molecule has 0 aromatic carbocycles. The van der Waals surface area contributed by atoms with Crippen LogP contribution < -0.4 is 5.73 Å². The predicted octanol–water partition coefficient (Wildman–Crippen LogP) is 3.78. The summed E-state index contributed by atoms with van der Waals surface area (Å²) in [6.07, 6.45) is 6.81. The molecule has 1 saturated heterocycles. The van der Waals surface area contributed by atoms with Gasteiger partial charge in [0.15, 0.2) is 0 Å². The second-order valence-corrected chi connectivity index (χ2v) is 6.58. The number of likely N-dealkylation sites (tertiary alicyclic amines) is 1. The summed E-state index contributed by atoms with van der Waals surface area (Å²) in [5, 5.41) is 2.15. The van der Waals surface area contributed by atoms with E-state index in [2.05, 4.69) is 32.3 Å². The molecule has 1 fully saturated rings. The average Bonchev–Trinajstić information content (AvgIpc) is 2.68. The van der Waals surface area contributed by atoms with Gasteiger partial charge in [-0.25, -0.2) is 0 Å². The zero-order valence-corrected chi connectivity index (χ0v) is 12.6. The lowest BCUT2D eigenvalue weighted by Crippen LogP contribution is -2.35. The van der Waals surface area contributed by atoms with Crippen LogP contribution in [0.2, 0.25) is 0 Å². The lowest BCUT2D eigenvalue weighted by Gasteiger charge is -2.31. The van der Waals surface area contributed by atoms with Crippen LogP contribution in [-0.2, 0) is 0 Å². The zero-order chi connectivity index (χ0) is 12.1. The zero-order valence-electron chi connectivity index (χ0n) is 10.2. The van der Waals surface area contributed by atoms with Crippen molar-refractivity contribution in [1.82, 2.24) is 4.90 Å². The van der Waals surface area contributed by atoms with Gasteiger partial charge in [-0.3, -0.25) is 4.90 Å². The molecular weight excluding hydrogens is 296 g/mol. The fraction of sp³-hybridized carbons (Fsp3) is 0.692. The minimum Gasteiger partial charge on any atom is -0.329 e. The molecule has 0 spiro atoms. The molecule has 0 amide bonds. The quantitative estimate of drug-likeness (QED) is 0.919. The number of thiophene rings is 1. The Kier molecular flexibility index (Phi) is 5.48. The van der Waals surface area contributed by atoms with Crippen LogP contribution >= 0.6 is 27.3 Å². The van der Waals surface area contributed by atoms with Gasteiger partial charge in [0.05, 0.1) is 6.04 Å². The van der Waals surface area contributed by atoms with Crippen LogP contribution in [0.3, 0.4) is 0 Å². The SMILES string of the molecule is NCC(c1cc(Br)cs1)N1CCCCCCC1. The number of nitrogens with two attached hydrogens (primary N) is 1. The van der Waals surface area contributed by atoms with Crippen LogP contribution in [0.5, 0.6) is 0 Å². The van der Waals surface area contributed by atoms with Gasteiger partial charge < -0.3 is 5.73 Å². The largest absolute Gasteiger partial charge is 0.329 e. The molecule has 1 aliphatic rings. The Balaban J connectivity index is 2.05. The van der Waals surface area contributed by atoms with Gasteiger partial charge in [0.25, 0.3) is 0 Å².